The molecule has 0 bridgehead atoms. The topological polar surface area (TPSA) is 17.1 Å². The van der Waals surface area contributed by atoms with Crippen LogP contribution in [0.25, 0.3) is 21.5 Å². The highest BCUT2D eigenvalue weighted by atomic mass is 19.1. The van der Waals surface area contributed by atoms with Crippen LogP contribution in [0.5, 0.6) is 0 Å². The molecule has 18 heavy (non-hydrogen) atoms. The molecule has 0 spiro atoms. The van der Waals surface area contributed by atoms with Gasteiger partial charge in [-0.3, -0.25) is 4.79 Å². The normalized spacial score (nSPS) is 11.0. The van der Waals surface area contributed by atoms with Gasteiger partial charge in [0.2, 0.25) is 0 Å². The fraction of sp³-hybridized carbons (Fsp3) is 0.0625. The molecule has 3 aromatic carbocycles. The summed E-state index contributed by atoms with van der Waals surface area (Å²) >= 11 is 0. The van der Waals surface area contributed by atoms with Crippen LogP contribution in [-0.4, -0.2) is 0 Å². The molecule has 0 aromatic heterocycles. The van der Waals surface area contributed by atoms with E-state index in [2.05, 4.69) is 0 Å². The molecule has 0 N–H and O–H groups in total. The van der Waals surface area contributed by atoms with Crippen LogP contribution in [0, 0.1) is 12.7 Å². The van der Waals surface area contributed by atoms with E-state index in [0.29, 0.717) is 10.8 Å². The van der Waals surface area contributed by atoms with Crippen LogP contribution in [-0.2, 0) is 0 Å². The first-order chi connectivity index (χ1) is 8.65. The van der Waals surface area contributed by atoms with Crippen LogP contribution in [0.15, 0.2) is 53.3 Å². The summed E-state index contributed by atoms with van der Waals surface area (Å²) in [5.74, 6) is -0.323. The Bertz CT molecular complexity index is 822. The Hall–Kier alpha value is -2.22. The Morgan fingerprint density at radius 2 is 1.61 bits per heavy atom. The first-order valence-corrected chi connectivity index (χ1v) is 5.78. The molecule has 0 radical (unpaired) electrons. The van der Waals surface area contributed by atoms with Gasteiger partial charge in [0.15, 0.2) is 5.43 Å². The third kappa shape index (κ3) is 1.66. The summed E-state index contributed by atoms with van der Waals surface area (Å²) < 4.78 is 13.4. The predicted molar refractivity (Wildman–Crippen MR) is 72.4 cm³/mol. The summed E-state index contributed by atoms with van der Waals surface area (Å²) in [5, 5.41) is 3.07. The lowest BCUT2D eigenvalue weighted by Gasteiger charge is -1.99. The highest BCUT2D eigenvalue weighted by Crippen LogP contribution is 2.23. The minimum absolute atomic E-state index is 0.0844. The number of hydrogen-bond donors (Lipinski definition) is 0. The Kier molecular flexibility index (Phi) is 2.37. The minimum Gasteiger partial charge on any atom is -0.289 e. The van der Waals surface area contributed by atoms with Gasteiger partial charge in [0.1, 0.15) is 5.82 Å². The maximum Gasteiger partial charge on any atom is 0.186 e. The average molecular weight is 238 g/mol. The SMILES string of the molecule is Cc1ccc2ccc(=O)c3ccc(F)cc3c2c1. The summed E-state index contributed by atoms with van der Waals surface area (Å²) in [4.78, 5) is 12.0. The molecule has 0 atom stereocenters. The maximum atomic E-state index is 13.4. The van der Waals surface area contributed by atoms with Gasteiger partial charge in [-0.05, 0) is 47.3 Å². The standard InChI is InChI=1S/C16H11FO/c1-10-2-3-11-4-7-16(18)13-6-5-12(17)9-15(13)14(11)8-10/h2-9H,1H3. The first kappa shape index (κ1) is 10.9. The highest BCUT2D eigenvalue weighted by molar-refractivity contribution is 6.06. The number of fused-ring (bicyclic) bond motifs is 3. The van der Waals surface area contributed by atoms with Crippen molar-refractivity contribution >= 4 is 21.5 Å². The second kappa shape index (κ2) is 3.91. The van der Waals surface area contributed by atoms with Crippen molar-refractivity contribution in [2.24, 2.45) is 0 Å². The zero-order valence-electron chi connectivity index (χ0n) is 9.91. The monoisotopic (exact) mass is 238 g/mol. The van der Waals surface area contributed by atoms with Crippen LogP contribution in [0.2, 0.25) is 0 Å². The van der Waals surface area contributed by atoms with Gasteiger partial charge in [0, 0.05) is 5.39 Å². The third-order valence-corrected chi connectivity index (χ3v) is 3.16. The Labute approximate surface area is 103 Å². The highest BCUT2D eigenvalue weighted by Gasteiger charge is 2.03. The van der Waals surface area contributed by atoms with Crippen molar-refractivity contribution in [2.45, 2.75) is 6.92 Å². The van der Waals surface area contributed by atoms with E-state index in [0.717, 1.165) is 16.3 Å². The van der Waals surface area contributed by atoms with E-state index in [1.807, 2.05) is 25.1 Å². The number of rotatable bonds is 0. The number of aryl methyl sites for hydroxylation is 1. The van der Waals surface area contributed by atoms with Gasteiger partial charge in [-0.25, -0.2) is 4.39 Å². The lowest BCUT2D eigenvalue weighted by Crippen LogP contribution is -1.94. The molecule has 1 nitrogen and oxygen atoms in total. The van der Waals surface area contributed by atoms with Crippen LogP contribution >= 0.6 is 0 Å². The molecular weight excluding hydrogens is 227 g/mol. The average Bonchev–Trinajstić information content (AvgIpc) is 2.48. The fourth-order valence-electron chi connectivity index (χ4n) is 2.26. The number of halogens is 1. The van der Waals surface area contributed by atoms with Gasteiger partial charge >= 0.3 is 0 Å². The summed E-state index contributed by atoms with van der Waals surface area (Å²) in [6.07, 6.45) is 0. The molecule has 0 aliphatic rings. The van der Waals surface area contributed by atoms with Crippen molar-refractivity contribution in [1.82, 2.24) is 0 Å². The van der Waals surface area contributed by atoms with Gasteiger partial charge in [0.25, 0.3) is 0 Å². The lowest BCUT2D eigenvalue weighted by molar-refractivity contribution is 0.630. The second-order valence-electron chi connectivity index (χ2n) is 4.48. The molecule has 0 unspecified atom stereocenters. The zero-order valence-corrected chi connectivity index (χ0v) is 9.91. The van der Waals surface area contributed by atoms with Crippen molar-refractivity contribution < 1.29 is 4.39 Å². The molecule has 0 aliphatic carbocycles. The van der Waals surface area contributed by atoms with E-state index >= 15 is 0 Å². The molecule has 2 heteroatoms. The van der Waals surface area contributed by atoms with Gasteiger partial charge < -0.3 is 0 Å². The maximum absolute atomic E-state index is 13.4. The van der Waals surface area contributed by atoms with Crippen LogP contribution in [0.4, 0.5) is 4.39 Å². The molecule has 3 rings (SSSR count). The summed E-state index contributed by atoms with van der Waals surface area (Å²) in [7, 11) is 0. The lowest BCUT2D eigenvalue weighted by atomic mass is 10.1. The van der Waals surface area contributed by atoms with E-state index in [9.17, 15) is 9.18 Å². The predicted octanol–water partition coefficient (Wildman–Crippen LogP) is 3.80. The zero-order chi connectivity index (χ0) is 12.7. The van der Waals surface area contributed by atoms with E-state index in [-0.39, 0.29) is 11.2 Å². The minimum atomic E-state index is -0.323. The third-order valence-electron chi connectivity index (χ3n) is 3.16. The summed E-state index contributed by atoms with van der Waals surface area (Å²) in [6.45, 7) is 1.98. The van der Waals surface area contributed by atoms with Crippen LogP contribution < -0.4 is 5.43 Å². The van der Waals surface area contributed by atoms with Crippen LogP contribution in [0.1, 0.15) is 5.56 Å². The molecule has 88 valence electrons. The van der Waals surface area contributed by atoms with E-state index in [1.54, 1.807) is 12.1 Å². The van der Waals surface area contributed by atoms with Gasteiger partial charge in [0.05, 0.1) is 0 Å². The molecule has 3 aromatic rings. The molecule has 0 fully saturated rings. The van der Waals surface area contributed by atoms with Crippen molar-refractivity contribution in [3.05, 3.63) is 70.1 Å². The van der Waals surface area contributed by atoms with Crippen LogP contribution in [0.3, 0.4) is 0 Å². The Morgan fingerprint density at radius 3 is 2.44 bits per heavy atom. The number of hydrogen-bond acceptors (Lipinski definition) is 1. The first-order valence-electron chi connectivity index (χ1n) is 5.78. The van der Waals surface area contributed by atoms with Crippen molar-refractivity contribution in [3.63, 3.8) is 0 Å². The second-order valence-corrected chi connectivity index (χ2v) is 4.48. The van der Waals surface area contributed by atoms with E-state index in [4.69, 9.17) is 0 Å². The molecular formula is C16H11FO. The fourth-order valence-corrected chi connectivity index (χ4v) is 2.26. The molecule has 0 aliphatic heterocycles. The number of benzene rings is 2. The quantitative estimate of drug-likeness (QED) is 0.582. The molecule has 0 saturated carbocycles. The van der Waals surface area contributed by atoms with Gasteiger partial charge in [-0.1, -0.05) is 29.8 Å². The largest absolute Gasteiger partial charge is 0.289 e. The molecule has 0 saturated heterocycles. The molecule has 0 amide bonds. The Morgan fingerprint density at radius 1 is 0.833 bits per heavy atom. The van der Waals surface area contributed by atoms with Crippen molar-refractivity contribution in [2.75, 3.05) is 0 Å². The van der Waals surface area contributed by atoms with Gasteiger partial charge in [-0.15, -0.1) is 0 Å². The van der Waals surface area contributed by atoms with Gasteiger partial charge in [-0.2, -0.15) is 0 Å². The smallest absolute Gasteiger partial charge is 0.186 e. The summed E-state index contributed by atoms with van der Waals surface area (Å²) in [5.41, 5.74) is 1.01. The molecule has 0 heterocycles. The van der Waals surface area contributed by atoms with Crippen molar-refractivity contribution in [1.29, 1.82) is 0 Å². The summed E-state index contributed by atoms with van der Waals surface area (Å²) in [6, 6.07) is 13.6. The van der Waals surface area contributed by atoms with E-state index in [1.165, 1.54) is 18.2 Å². The van der Waals surface area contributed by atoms with Crippen molar-refractivity contribution in [3.8, 4) is 0 Å². The van der Waals surface area contributed by atoms with E-state index < -0.39 is 0 Å². The Balaban J connectivity index is 2.69.